The van der Waals surface area contributed by atoms with Gasteiger partial charge >= 0.3 is 0 Å². The second kappa shape index (κ2) is 12.5. The molecular formula is C19H42N2. The van der Waals surface area contributed by atoms with Crippen LogP contribution in [0.4, 0.5) is 0 Å². The van der Waals surface area contributed by atoms with Crippen molar-refractivity contribution in [2.75, 3.05) is 33.2 Å². The molecule has 2 rings (SSSR count). The van der Waals surface area contributed by atoms with E-state index >= 15 is 0 Å². The average Bonchev–Trinajstić information content (AvgIpc) is 2.52. The van der Waals surface area contributed by atoms with Crippen LogP contribution in [0.5, 0.6) is 0 Å². The van der Waals surface area contributed by atoms with E-state index in [1.807, 2.05) is 27.7 Å². The summed E-state index contributed by atoms with van der Waals surface area (Å²) >= 11 is 0. The molecule has 0 bridgehead atoms. The largest absolute Gasteiger partial charge is 0.306 e. The predicted molar refractivity (Wildman–Crippen MR) is 97.0 cm³/mol. The number of likely N-dealkylation sites (tertiary alicyclic amines) is 2. The lowest BCUT2D eigenvalue weighted by atomic mass is 9.90. The summed E-state index contributed by atoms with van der Waals surface area (Å²) in [6, 6.07) is 0.824. The Morgan fingerprint density at radius 1 is 0.857 bits per heavy atom. The zero-order chi connectivity index (χ0) is 16.3. The maximum atomic E-state index is 2.73. The van der Waals surface area contributed by atoms with Crippen molar-refractivity contribution in [3.8, 4) is 0 Å². The number of rotatable bonds is 3. The molecule has 2 unspecified atom stereocenters. The number of hydrogen-bond donors (Lipinski definition) is 0. The van der Waals surface area contributed by atoms with Crippen molar-refractivity contribution < 1.29 is 0 Å². The lowest BCUT2D eigenvalue weighted by molar-refractivity contribution is 0.112. The molecule has 128 valence electrons. The van der Waals surface area contributed by atoms with E-state index in [0.717, 1.165) is 17.9 Å². The molecule has 0 aromatic carbocycles. The number of hydrogen-bond acceptors (Lipinski definition) is 2. The van der Waals surface area contributed by atoms with Gasteiger partial charge in [-0.05, 0) is 84.1 Å². The number of piperidine rings is 2. The molecule has 0 spiro atoms. The summed E-state index contributed by atoms with van der Waals surface area (Å²) in [6.07, 6.45) is 7.11. The molecule has 2 aliphatic rings. The summed E-state index contributed by atoms with van der Waals surface area (Å²) < 4.78 is 0. The van der Waals surface area contributed by atoms with Crippen LogP contribution in [-0.2, 0) is 0 Å². The fourth-order valence-corrected chi connectivity index (χ4v) is 3.49. The summed E-state index contributed by atoms with van der Waals surface area (Å²) in [5, 5.41) is 0. The van der Waals surface area contributed by atoms with Crippen molar-refractivity contribution in [3.63, 3.8) is 0 Å². The lowest BCUT2D eigenvalue weighted by Gasteiger charge is -2.38. The van der Waals surface area contributed by atoms with Gasteiger partial charge in [-0.15, -0.1) is 0 Å². The molecule has 0 N–H and O–H groups in total. The lowest BCUT2D eigenvalue weighted by Crippen LogP contribution is -2.41. The smallest absolute Gasteiger partial charge is 0.00694 e. The molecule has 0 radical (unpaired) electrons. The minimum Gasteiger partial charge on any atom is -0.306 e. The Kier molecular flexibility index (Phi) is 12.4. The van der Waals surface area contributed by atoms with E-state index in [1.54, 1.807) is 0 Å². The molecule has 2 atom stereocenters. The van der Waals surface area contributed by atoms with Crippen LogP contribution < -0.4 is 0 Å². The first-order valence-corrected chi connectivity index (χ1v) is 9.57. The van der Waals surface area contributed by atoms with Gasteiger partial charge < -0.3 is 9.80 Å². The van der Waals surface area contributed by atoms with E-state index in [4.69, 9.17) is 0 Å². The van der Waals surface area contributed by atoms with E-state index in [9.17, 15) is 0 Å². The summed E-state index contributed by atoms with van der Waals surface area (Å²) in [6.45, 7) is 18.2. The van der Waals surface area contributed by atoms with Crippen molar-refractivity contribution in [1.29, 1.82) is 0 Å². The van der Waals surface area contributed by atoms with E-state index in [-0.39, 0.29) is 0 Å². The molecule has 2 heteroatoms. The minimum absolute atomic E-state index is 0.824. The highest BCUT2D eigenvalue weighted by molar-refractivity contribution is 4.78. The molecule has 2 fully saturated rings. The third-order valence-electron chi connectivity index (χ3n) is 4.94. The fraction of sp³-hybridized carbons (Fsp3) is 1.00. The zero-order valence-corrected chi connectivity index (χ0v) is 16.0. The second-order valence-corrected chi connectivity index (χ2v) is 6.55. The van der Waals surface area contributed by atoms with Gasteiger partial charge in [-0.25, -0.2) is 0 Å². The summed E-state index contributed by atoms with van der Waals surface area (Å²) in [5.41, 5.74) is 0. The highest BCUT2D eigenvalue weighted by atomic mass is 15.2. The second-order valence-electron chi connectivity index (χ2n) is 6.55. The van der Waals surface area contributed by atoms with Crippen molar-refractivity contribution >= 4 is 0 Å². The predicted octanol–water partition coefficient (Wildman–Crippen LogP) is 4.89. The molecular weight excluding hydrogens is 256 g/mol. The first kappa shape index (κ1) is 20.9. The van der Waals surface area contributed by atoms with Crippen LogP contribution in [0, 0.1) is 11.8 Å². The molecule has 2 saturated heterocycles. The zero-order valence-electron chi connectivity index (χ0n) is 16.0. The third-order valence-corrected chi connectivity index (χ3v) is 4.94. The van der Waals surface area contributed by atoms with Gasteiger partial charge in [0.05, 0.1) is 0 Å². The SMILES string of the molecule is CC.CC.CC1CCN(CCC2CCN(C)CC2)C(C)C1. The minimum atomic E-state index is 0.824. The van der Waals surface area contributed by atoms with E-state index in [0.29, 0.717) is 0 Å². The van der Waals surface area contributed by atoms with Crippen LogP contribution in [0.3, 0.4) is 0 Å². The standard InChI is InChI=1S/C15H30N2.2C2H6/c1-13-4-10-17(14(2)12-13)11-7-15-5-8-16(3)9-6-15;2*1-2/h13-15H,4-12H2,1-3H3;2*1-2H3. The molecule has 2 heterocycles. The van der Waals surface area contributed by atoms with E-state index < -0.39 is 0 Å². The van der Waals surface area contributed by atoms with Crippen molar-refractivity contribution in [1.82, 2.24) is 9.80 Å². The van der Waals surface area contributed by atoms with Crippen LogP contribution in [0.25, 0.3) is 0 Å². The highest BCUT2D eigenvalue weighted by Gasteiger charge is 2.24. The fourth-order valence-electron chi connectivity index (χ4n) is 3.49. The molecule has 0 amide bonds. The molecule has 2 aliphatic heterocycles. The normalized spacial score (nSPS) is 28.1. The molecule has 2 nitrogen and oxygen atoms in total. The van der Waals surface area contributed by atoms with Crippen LogP contribution in [0.1, 0.15) is 73.6 Å². The molecule has 21 heavy (non-hydrogen) atoms. The van der Waals surface area contributed by atoms with Crippen molar-refractivity contribution in [2.24, 2.45) is 11.8 Å². The Morgan fingerprint density at radius 2 is 1.43 bits per heavy atom. The summed E-state index contributed by atoms with van der Waals surface area (Å²) in [4.78, 5) is 5.21. The number of nitrogens with zero attached hydrogens (tertiary/aromatic N) is 2. The summed E-state index contributed by atoms with van der Waals surface area (Å²) in [7, 11) is 2.25. The Labute approximate surface area is 135 Å². The van der Waals surface area contributed by atoms with E-state index in [1.165, 1.54) is 58.3 Å². The topological polar surface area (TPSA) is 6.48 Å². The maximum absolute atomic E-state index is 2.73. The molecule has 0 aromatic heterocycles. The Balaban J connectivity index is 0.000000921. The van der Waals surface area contributed by atoms with Gasteiger partial charge in [-0.1, -0.05) is 34.6 Å². The van der Waals surface area contributed by atoms with Crippen molar-refractivity contribution in [3.05, 3.63) is 0 Å². The monoisotopic (exact) mass is 298 g/mol. The van der Waals surface area contributed by atoms with E-state index in [2.05, 4.69) is 30.7 Å². The van der Waals surface area contributed by atoms with Gasteiger partial charge in [0.2, 0.25) is 0 Å². The molecule has 0 aliphatic carbocycles. The highest BCUT2D eigenvalue weighted by Crippen LogP contribution is 2.25. The quantitative estimate of drug-likeness (QED) is 0.732. The third kappa shape index (κ3) is 8.21. The first-order valence-electron chi connectivity index (χ1n) is 9.57. The van der Waals surface area contributed by atoms with Gasteiger partial charge in [-0.3, -0.25) is 0 Å². The van der Waals surface area contributed by atoms with Gasteiger partial charge in [0.1, 0.15) is 0 Å². The first-order chi connectivity index (χ1) is 10.1. The summed E-state index contributed by atoms with van der Waals surface area (Å²) in [5.74, 6) is 1.95. The Bertz CT molecular complexity index is 222. The van der Waals surface area contributed by atoms with Gasteiger partial charge in [-0.2, -0.15) is 0 Å². The van der Waals surface area contributed by atoms with Crippen molar-refractivity contribution in [2.45, 2.75) is 79.7 Å². The van der Waals surface area contributed by atoms with Gasteiger partial charge in [0.25, 0.3) is 0 Å². The van der Waals surface area contributed by atoms with Crippen LogP contribution in [-0.4, -0.2) is 49.1 Å². The average molecular weight is 299 g/mol. The molecule has 0 saturated carbocycles. The van der Waals surface area contributed by atoms with Gasteiger partial charge in [0, 0.05) is 6.04 Å². The Morgan fingerprint density at radius 3 is 1.95 bits per heavy atom. The van der Waals surface area contributed by atoms with Gasteiger partial charge in [0.15, 0.2) is 0 Å². The van der Waals surface area contributed by atoms with Crippen LogP contribution in [0.2, 0.25) is 0 Å². The molecule has 0 aromatic rings. The van der Waals surface area contributed by atoms with Crippen LogP contribution in [0.15, 0.2) is 0 Å². The Hall–Kier alpha value is -0.0800. The maximum Gasteiger partial charge on any atom is 0.00694 e. The van der Waals surface area contributed by atoms with Crippen LogP contribution >= 0.6 is 0 Å².